The van der Waals surface area contributed by atoms with Crippen LogP contribution in [0.1, 0.15) is 38.3 Å². The van der Waals surface area contributed by atoms with Crippen molar-refractivity contribution < 1.29 is 9.47 Å². The fourth-order valence-electron chi connectivity index (χ4n) is 2.50. The molecule has 0 spiro atoms. The zero-order valence-corrected chi connectivity index (χ0v) is 14.3. The Balaban J connectivity index is 2.22. The van der Waals surface area contributed by atoms with Gasteiger partial charge in [0.25, 0.3) is 0 Å². The van der Waals surface area contributed by atoms with Crippen molar-refractivity contribution in [2.24, 2.45) is 0 Å². The van der Waals surface area contributed by atoms with Gasteiger partial charge in [0.05, 0.1) is 7.11 Å². The molecule has 2 heteroatoms. The van der Waals surface area contributed by atoms with Gasteiger partial charge in [0, 0.05) is 0 Å². The summed E-state index contributed by atoms with van der Waals surface area (Å²) in [4.78, 5) is 0. The number of ether oxygens (including phenoxy) is 2. The number of hydrogen-bond donors (Lipinski definition) is 0. The molecule has 2 aromatic carbocycles. The molecule has 0 N–H and O–H groups in total. The summed E-state index contributed by atoms with van der Waals surface area (Å²) in [6.07, 6.45) is 7.21. The molecule has 2 rings (SSSR count). The van der Waals surface area contributed by atoms with Gasteiger partial charge in [0.15, 0.2) is 11.5 Å². The third kappa shape index (κ3) is 4.26. The molecule has 0 atom stereocenters. The van der Waals surface area contributed by atoms with Gasteiger partial charge in [-0.25, -0.2) is 0 Å². The van der Waals surface area contributed by atoms with E-state index in [1.54, 1.807) is 7.11 Å². The molecule has 0 radical (unpaired) electrons. The maximum Gasteiger partial charge on any atom is 0.169 e. The molecule has 0 saturated carbocycles. The minimum Gasteiger partial charge on any atom is -0.493 e. The van der Waals surface area contributed by atoms with Crippen LogP contribution in [0.15, 0.2) is 54.6 Å². The van der Waals surface area contributed by atoms with Crippen LogP contribution in [0.3, 0.4) is 0 Å². The van der Waals surface area contributed by atoms with E-state index in [1.165, 1.54) is 11.1 Å². The van der Waals surface area contributed by atoms with Gasteiger partial charge in [-0.3, -0.25) is 0 Å². The summed E-state index contributed by atoms with van der Waals surface area (Å²) in [6, 6.07) is 14.1. The van der Waals surface area contributed by atoms with Crippen LogP contribution in [0, 0.1) is 0 Å². The second-order valence-electron chi connectivity index (χ2n) is 5.20. The molecule has 120 valence electrons. The highest BCUT2D eigenvalue weighted by atomic mass is 16.5. The lowest BCUT2D eigenvalue weighted by molar-refractivity contribution is 0.379. The van der Waals surface area contributed by atoms with Crippen LogP contribution in [-0.4, -0.2) is 7.11 Å². The van der Waals surface area contributed by atoms with Crippen molar-refractivity contribution in [2.45, 2.75) is 27.2 Å². The summed E-state index contributed by atoms with van der Waals surface area (Å²) < 4.78 is 11.4. The molecular weight excluding hydrogens is 284 g/mol. The lowest BCUT2D eigenvalue weighted by Gasteiger charge is -2.12. The summed E-state index contributed by atoms with van der Waals surface area (Å²) in [6.45, 7) is 6.23. The minimum atomic E-state index is 0.718. The van der Waals surface area contributed by atoms with Crippen molar-refractivity contribution in [3.63, 3.8) is 0 Å². The second kappa shape index (κ2) is 8.23. The molecule has 23 heavy (non-hydrogen) atoms. The Labute approximate surface area is 139 Å². The third-order valence-corrected chi connectivity index (χ3v) is 3.73. The zero-order chi connectivity index (χ0) is 16.7. The first-order valence-electron chi connectivity index (χ1n) is 7.96. The maximum atomic E-state index is 5.97. The highest BCUT2D eigenvalue weighted by Crippen LogP contribution is 2.33. The summed E-state index contributed by atoms with van der Waals surface area (Å²) in [5.41, 5.74) is 3.66. The van der Waals surface area contributed by atoms with E-state index < -0.39 is 0 Å². The number of benzene rings is 2. The number of hydrogen-bond acceptors (Lipinski definition) is 2. The molecule has 0 bridgehead atoms. The Morgan fingerprint density at radius 3 is 2.30 bits per heavy atom. The first kappa shape index (κ1) is 16.9. The van der Waals surface area contributed by atoms with Gasteiger partial charge in [0.1, 0.15) is 5.75 Å². The monoisotopic (exact) mass is 308 g/mol. The summed E-state index contributed by atoms with van der Waals surface area (Å²) in [5.74, 6) is 2.25. The molecular formula is C21H24O2. The lowest BCUT2D eigenvalue weighted by Crippen LogP contribution is -1.91. The Hall–Kier alpha value is -2.48. The van der Waals surface area contributed by atoms with E-state index in [2.05, 4.69) is 32.1 Å². The van der Waals surface area contributed by atoms with Crippen LogP contribution in [-0.2, 0) is 0 Å². The molecule has 0 aliphatic carbocycles. The molecule has 0 aliphatic heterocycles. The van der Waals surface area contributed by atoms with E-state index in [0.29, 0.717) is 0 Å². The first-order chi connectivity index (χ1) is 11.2. The van der Waals surface area contributed by atoms with Gasteiger partial charge in [-0.05, 0) is 61.2 Å². The van der Waals surface area contributed by atoms with Crippen molar-refractivity contribution in [3.05, 3.63) is 65.7 Å². The van der Waals surface area contributed by atoms with Crippen LogP contribution in [0.2, 0.25) is 0 Å². The fourth-order valence-corrected chi connectivity index (χ4v) is 2.50. The maximum absolute atomic E-state index is 5.97. The zero-order valence-electron chi connectivity index (χ0n) is 14.3. The van der Waals surface area contributed by atoms with Crippen LogP contribution < -0.4 is 9.47 Å². The van der Waals surface area contributed by atoms with E-state index in [1.807, 2.05) is 49.4 Å². The Kier molecular flexibility index (Phi) is 6.04. The third-order valence-electron chi connectivity index (χ3n) is 3.73. The van der Waals surface area contributed by atoms with E-state index in [9.17, 15) is 0 Å². The first-order valence-corrected chi connectivity index (χ1v) is 7.96. The largest absolute Gasteiger partial charge is 0.493 e. The highest BCUT2D eigenvalue weighted by molar-refractivity contribution is 5.65. The number of allylic oxidation sites excluding steroid dienone is 3. The normalized spacial score (nSPS) is 11.7. The van der Waals surface area contributed by atoms with Gasteiger partial charge in [-0.15, -0.1) is 0 Å². The standard InChI is InChI=1S/C21H24O2/c1-5-8-16-9-14-20(21(15-16)22-4)23-19-12-10-18(11-13-19)17(6-2)7-3/h5-6,8-15H,7H2,1-4H3/b8-5+,17-6+. The summed E-state index contributed by atoms with van der Waals surface area (Å²) in [5, 5.41) is 0. The van der Waals surface area contributed by atoms with Crippen LogP contribution in [0.4, 0.5) is 0 Å². The van der Waals surface area contributed by atoms with Crippen molar-refractivity contribution in [3.8, 4) is 17.2 Å². The molecule has 0 aliphatic rings. The predicted molar refractivity (Wildman–Crippen MR) is 98.2 cm³/mol. The number of rotatable bonds is 6. The smallest absolute Gasteiger partial charge is 0.169 e. The summed E-state index contributed by atoms with van der Waals surface area (Å²) in [7, 11) is 1.66. The van der Waals surface area contributed by atoms with Gasteiger partial charge >= 0.3 is 0 Å². The number of methoxy groups -OCH3 is 1. The van der Waals surface area contributed by atoms with Crippen molar-refractivity contribution in [1.29, 1.82) is 0 Å². The second-order valence-corrected chi connectivity index (χ2v) is 5.20. The van der Waals surface area contributed by atoms with Crippen LogP contribution >= 0.6 is 0 Å². The molecule has 0 fully saturated rings. The highest BCUT2D eigenvalue weighted by Gasteiger charge is 2.07. The Morgan fingerprint density at radius 2 is 1.74 bits per heavy atom. The molecule has 0 saturated heterocycles. The lowest BCUT2D eigenvalue weighted by atomic mass is 10.0. The topological polar surface area (TPSA) is 18.5 Å². The minimum absolute atomic E-state index is 0.718. The van der Waals surface area contributed by atoms with Gasteiger partial charge in [0.2, 0.25) is 0 Å². The molecule has 2 aromatic rings. The molecule has 0 unspecified atom stereocenters. The van der Waals surface area contributed by atoms with E-state index in [4.69, 9.17) is 9.47 Å². The average Bonchev–Trinajstić information content (AvgIpc) is 2.59. The molecule has 0 amide bonds. The predicted octanol–water partition coefficient (Wildman–Crippen LogP) is 6.33. The van der Waals surface area contributed by atoms with Crippen molar-refractivity contribution in [1.82, 2.24) is 0 Å². The average molecular weight is 308 g/mol. The van der Waals surface area contributed by atoms with E-state index in [0.717, 1.165) is 29.2 Å². The molecule has 0 heterocycles. The fraction of sp³-hybridized carbons (Fsp3) is 0.238. The van der Waals surface area contributed by atoms with Gasteiger partial charge in [-0.1, -0.05) is 43.4 Å². The van der Waals surface area contributed by atoms with Crippen LogP contribution in [0.25, 0.3) is 11.6 Å². The van der Waals surface area contributed by atoms with Crippen molar-refractivity contribution >= 4 is 11.6 Å². The van der Waals surface area contributed by atoms with Crippen LogP contribution in [0.5, 0.6) is 17.2 Å². The Bertz CT molecular complexity index is 694. The molecule has 0 aromatic heterocycles. The van der Waals surface area contributed by atoms with E-state index in [-0.39, 0.29) is 0 Å². The SMILES string of the molecule is C/C=C/c1ccc(Oc2ccc(/C(=C/C)CC)cc2)c(OC)c1. The molecule has 2 nitrogen and oxygen atoms in total. The van der Waals surface area contributed by atoms with Gasteiger partial charge in [-0.2, -0.15) is 0 Å². The summed E-state index contributed by atoms with van der Waals surface area (Å²) >= 11 is 0. The Morgan fingerprint density at radius 1 is 1.00 bits per heavy atom. The quantitative estimate of drug-likeness (QED) is 0.620. The van der Waals surface area contributed by atoms with Gasteiger partial charge < -0.3 is 9.47 Å². The van der Waals surface area contributed by atoms with Crippen molar-refractivity contribution in [2.75, 3.05) is 7.11 Å². The van der Waals surface area contributed by atoms with E-state index >= 15 is 0 Å².